The Morgan fingerprint density at radius 1 is 0.972 bits per heavy atom. The Labute approximate surface area is 214 Å². The first-order valence-electron chi connectivity index (χ1n) is 12.1. The number of rotatable bonds is 9. The van der Waals surface area contributed by atoms with Gasteiger partial charge in [0.1, 0.15) is 17.1 Å². The van der Waals surface area contributed by atoms with Crippen LogP contribution in [0, 0.1) is 0 Å². The molecule has 36 heavy (non-hydrogen) atoms. The van der Waals surface area contributed by atoms with E-state index in [1.54, 1.807) is 11.7 Å². The second-order valence-electron chi connectivity index (χ2n) is 9.07. The van der Waals surface area contributed by atoms with Gasteiger partial charge in [-0.05, 0) is 48.2 Å². The molecule has 1 saturated heterocycles. The van der Waals surface area contributed by atoms with Gasteiger partial charge in [-0.25, -0.2) is 4.79 Å². The molecule has 4 aromatic rings. The van der Waals surface area contributed by atoms with E-state index in [9.17, 15) is 4.79 Å². The fourth-order valence-electron chi connectivity index (χ4n) is 4.65. The number of hydrogen-bond donors (Lipinski definition) is 2. The Morgan fingerprint density at radius 3 is 2.19 bits per heavy atom. The van der Waals surface area contributed by atoms with Crippen LogP contribution < -0.4 is 16.2 Å². The highest BCUT2D eigenvalue weighted by molar-refractivity contribution is 6.36. The molecular weight excluding hydrogens is 478 g/mol. The zero-order valence-electron chi connectivity index (χ0n) is 20.3. The number of nitrogens with two attached hydrogens (primary N) is 1. The van der Waals surface area contributed by atoms with Gasteiger partial charge in [-0.3, -0.25) is 9.47 Å². The van der Waals surface area contributed by atoms with Crippen molar-refractivity contribution < 1.29 is 9.47 Å². The van der Waals surface area contributed by atoms with E-state index in [0.29, 0.717) is 24.2 Å². The van der Waals surface area contributed by atoms with Crippen LogP contribution in [0.15, 0.2) is 53.3 Å². The van der Waals surface area contributed by atoms with Gasteiger partial charge in [0, 0.05) is 13.7 Å². The Bertz CT molecular complexity index is 1390. The van der Waals surface area contributed by atoms with E-state index in [-0.39, 0.29) is 29.0 Å². The van der Waals surface area contributed by atoms with Gasteiger partial charge >= 0.3 is 5.69 Å². The minimum Gasteiger partial charge on any atom is -0.474 e. The number of hydrogen-bond acceptors (Lipinski definition) is 6. The summed E-state index contributed by atoms with van der Waals surface area (Å²) >= 11 is 6.58. The number of fused-ring (bicyclic) bond motifs is 1. The van der Waals surface area contributed by atoms with E-state index in [2.05, 4.69) is 51.3 Å². The Hall–Kier alpha value is -3.33. The number of halogens is 1. The summed E-state index contributed by atoms with van der Waals surface area (Å²) in [6.45, 7) is 4.38. The minimum atomic E-state index is -0.313. The van der Waals surface area contributed by atoms with Crippen LogP contribution in [0.2, 0.25) is 5.02 Å². The number of likely N-dealkylation sites (tertiary alicyclic amines) is 1. The highest BCUT2D eigenvalue weighted by Gasteiger charge is 2.19. The summed E-state index contributed by atoms with van der Waals surface area (Å²) in [5, 5.41) is 0.235. The first-order valence-corrected chi connectivity index (χ1v) is 12.5. The molecule has 0 radical (unpaired) electrons. The summed E-state index contributed by atoms with van der Waals surface area (Å²) in [4.78, 5) is 22.2. The zero-order valence-corrected chi connectivity index (χ0v) is 21.1. The number of nitrogens with zero attached hydrogens (tertiary/aromatic N) is 3. The second kappa shape index (κ2) is 10.7. The number of aromatic nitrogens is 3. The first-order chi connectivity index (χ1) is 17.5. The molecule has 9 heteroatoms. The largest absolute Gasteiger partial charge is 0.474 e. The number of aromatic amines is 1. The van der Waals surface area contributed by atoms with Gasteiger partial charge in [0.2, 0.25) is 5.88 Å². The highest BCUT2D eigenvalue weighted by Crippen LogP contribution is 2.33. The number of nitrogens with one attached hydrogen (secondary N) is 1. The summed E-state index contributed by atoms with van der Waals surface area (Å²) in [6, 6.07) is 16.9. The van der Waals surface area contributed by atoms with Crippen LogP contribution in [0.4, 0.5) is 5.82 Å². The quantitative estimate of drug-likeness (QED) is 0.328. The lowest BCUT2D eigenvalue weighted by Crippen LogP contribution is -2.18. The van der Waals surface area contributed by atoms with Crippen molar-refractivity contribution in [3.8, 4) is 17.0 Å². The summed E-state index contributed by atoms with van der Waals surface area (Å²) in [6.07, 6.45) is 2.60. The molecule has 0 bridgehead atoms. The predicted octanol–water partition coefficient (Wildman–Crippen LogP) is 4.30. The molecule has 0 aliphatic carbocycles. The summed E-state index contributed by atoms with van der Waals surface area (Å²) in [5.74, 6) is 0.330. The van der Waals surface area contributed by atoms with Crippen LogP contribution in [0.1, 0.15) is 24.0 Å². The van der Waals surface area contributed by atoms with Crippen molar-refractivity contribution in [3.05, 3.63) is 75.2 Å². The fourth-order valence-corrected chi connectivity index (χ4v) is 4.95. The van der Waals surface area contributed by atoms with Crippen LogP contribution in [0.3, 0.4) is 0 Å². The van der Waals surface area contributed by atoms with Crippen molar-refractivity contribution in [2.24, 2.45) is 0 Å². The molecule has 188 valence electrons. The number of pyridine rings is 1. The molecule has 0 atom stereocenters. The van der Waals surface area contributed by atoms with Gasteiger partial charge in [0.15, 0.2) is 5.82 Å². The van der Waals surface area contributed by atoms with Gasteiger partial charge in [0.25, 0.3) is 0 Å². The van der Waals surface area contributed by atoms with Gasteiger partial charge in [-0.1, -0.05) is 60.1 Å². The smallest absolute Gasteiger partial charge is 0.326 e. The van der Waals surface area contributed by atoms with Crippen molar-refractivity contribution in [2.45, 2.75) is 25.9 Å². The highest BCUT2D eigenvalue weighted by atomic mass is 35.5. The maximum absolute atomic E-state index is 12.8. The van der Waals surface area contributed by atoms with Crippen LogP contribution in [0.5, 0.6) is 5.88 Å². The summed E-state index contributed by atoms with van der Waals surface area (Å²) < 4.78 is 12.2. The molecule has 1 aliphatic heterocycles. The van der Waals surface area contributed by atoms with Crippen molar-refractivity contribution in [3.63, 3.8) is 0 Å². The van der Waals surface area contributed by atoms with Gasteiger partial charge in [0.05, 0.1) is 18.7 Å². The number of ether oxygens (including phenoxy) is 2. The zero-order chi connectivity index (χ0) is 25.1. The second-order valence-corrected chi connectivity index (χ2v) is 9.45. The fraction of sp³-hybridized carbons (Fsp3) is 0.333. The third-order valence-corrected chi connectivity index (χ3v) is 6.91. The monoisotopic (exact) mass is 507 g/mol. The summed E-state index contributed by atoms with van der Waals surface area (Å²) in [5.41, 5.74) is 11.2. The molecule has 0 saturated carbocycles. The summed E-state index contributed by atoms with van der Waals surface area (Å²) in [7, 11) is 1.58. The topological polar surface area (TPSA) is 98.4 Å². The van der Waals surface area contributed by atoms with Crippen LogP contribution in [0.25, 0.3) is 22.2 Å². The molecule has 2 aromatic heterocycles. The molecule has 0 amide bonds. The standard InChI is InChI=1S/C27H30ClN5O3/c1-35-14-15-36-26-22(28)24-23(25(29)31-26)30-27(34)33(24)17-19-6-10-21(11-7-19)20-8-4-18(5-9-20)16-32-12-2-3-13-32/h4-11H,2-3,12-17H2,1H3,(H2,29,31)(H,30,34). The van der Waals surface area contributed by atoms with Gasteiger partial charge < -0.3 is 20.2 Å². The number of imidazole rings is 1. The molecule has 1 fully saturated rings. The average molecular weight is 508 g/mol. The maximum Gasteiger partial charge on any atom is 0.326 e. The molecule has 3 heterocycles. The van der Waals surface area contributed by atoms with E-state index in [0.717, 1.165) is 23.2 Å². The van der Waals surface area contributed by atoms with E-state index >= 15 is 0 Å². The van der Waals surface area contributed by atoms with E-state index < -0.39 is 0 Å². The number of nitrogen functional groups attached to an aromatic ring is 1. The molecule has 5 rings (SSSR count). The van der Waals surface area contributed by atoms with E-state index in [1.165, 1.54) is 31.5 Å². The lowest BCUT2D eigenvalue weighted by molar-refractivity contribution is 0.144. The Morgan fingerprint density at radius 2 is 1.58 bits per heavy atom. The van der Waals surface area contributed by atoms with Crippen LogP contribution >= 0.6 is 11.6 Å². The number of benzene rings is 2. The molecule has 1 aliphatic rings. The number of methoxy groups -OCH3 is 1. The number of H-pyrrole nitrogens is 1. The van der Waals surface area contributed by atoms with E-state index in [1.807, 2.05) is 12.1 Å². The van der Waals surface area contributed by atoms with Crippen LogP contribution in [-0.4, -0.2) is 52.8 Å². The van der Waals surface area contributed by atoms with Crippen LogP contribution in [-0.2, 0) is 17.8 Å². The maximum atomic E-state index is 12.8. The third-order valence-electron chi connectivity index (χ3n) is 6.57. The minimum absolute atomic E-state index is 0.154. The first kappa shape index (κ1) is 24.4. The number of anilines is 1. The lowest BCUT2D eigenvalue weighted by atomic mass is 10.0. The third kappa shape index (κ3) is 5.11. The molecule has 0 spiro atoms. The Balaban J connectivity index is 1.35. The molecule has 0 unspecified atom stereocenters. The average Bonchev–Trinajstić information content (AvgIpc) is 3.51. The normalized spacial score (nSPS) is 14.1. The molecule has 3 N–H and O–H groups in total. The van der Waals surface area contributed by atoms with Gasteiger partial charge in [-0.15, -0.1) is 0 Å². The SMILES string of the molecule is COCCOc1nc(N)c2[nH]c(=O)n(Cc3ccc(-c4ccc(CN5CCCC5)cc4)cc3)c2c1Cl. The van der Waals surface area contributed by atoms with Crippen molar-refractivity contribution in [1.29, 1.82) is 0 Å². The van der Waals surface area contributed by atoms with Crippen molar-refractivity contribution in [1.82, 2.24) is 19.4 Å². The van der Waals surface area contributed by atoms with Crippen molar-refractivity contribution >= 4 is 28.5 Å². The molecule has 2 aromatic carbocycles. The van der Waals surface area contributed by atoms with E-state index in [4.69, 9.17) is 26.8 Å². The van der Waals surface area contributed by atoms with Crippen molar-refractivity contribution in [2.75, 3.05) is 39.1 Å². The Kier molecular flexibility index (Phi) is 7.27. The predicted molar refractivity (Wildman–Crippen MR) is 143 cm³/mol. The lowest BCUT2D eigenvalue weighted by Gasteiger charge is -2.14. The molecular formula is C27H30ClN5O3. The molecule has 8 nitrogen and oxygen atoms in total. The van der Waals surface area contributed by atoms with Gasteiger partial charge in [-0.2, -0.15) is 4.98 Å².